The van der Waals surface area contributed by atoms with Crippen molar-refractivity contribution in [3.8, 4) is 0 Å². The Hall–Kier alpha value is -1.59. The van der Waals surface area contributed by atoms with Crippen molar-refractivity contribution in [3.05, 3.63) is 0 Å². The zero-order chi connectivity index (χ0) is 13.1. The van der Waals surface area contributed by atoms with Crippen LogP contribution in [0.5, 0.6) is 0 Å². The fourth-order valence-corrected chi connectivity index (χ4v) is 3.73. The zero-order valence-electron chi connectivity index (χ0n) is 9.92. The highest BCUT2D eigenvalue weighted by atomic mass is 16.6. The SMILES string of the molecule is CCC(=O)OC1C2CC3C(=O)OC1(C(=O)O)C3C2. The van der Waals surface area contributed by atoms with E-state index in [1.54, 1.807) is 6.92 Å². The lowest BCUT2D eigenvalue weighted by molar-refractivity contribution is -0.192. The molecule has 3 rings (SSSR count). The molecule has 6 heteroatoms. The third kappa shape index (κ3) is 1.15. The molecule has 0 amide bonds. The number of fused-ring (bicyclic) bond motifs is 1. The van der Waals surface area contributed by atoms with Crippen LogP contribution in [-0.4, -0.2) is 34.7 Å². The van der Waals surface area contributed by atoms with Gasteiger partial charge in [0.15, 0.2) is 6.10 Å². The van der Waals surface area contributed by atoms with Crippen molar-refractivity contribution in [2.75, 3.05) is 0 Å². The Bertz CT molecular complexity index is 444. The Kier molecular flexibility index (Phi) is 2.21. The summed E-state index contributed by atoms with van der Waals surface area (Å²) < 4.78 is 10.4. The number of hydrogen-bond donors (Lipinski definition) is 1. The summed E-state index contributed by atoms with van der Waals surface area (Å²) in [6, 6.07) is 0. The van der Waals surface area contributed by atoms with Crippen LogP contribution in [0, 0.1) is 17.8 Å². The molecule has 0 aromatic heterocycles. The minimum atomic E-state index is -1.63. The summed E-state index contributed by atoms with van der Waals surface area (Å²) in [7, 11) is 0. The topological polar surface area (TPSA) is 89.9 Å². The van der Waals surface area contributed by atoms with Crippen LogP contribution in [0.3, 0.4) is 0 Å². The molecule has 1 heterocycles. The summed E-state index contributed by atoms with van der Waals surface area (Å²) in [6.07, 6.45) is 0.515. The van der Waals surface area contributed by atoms with E-state index in [9.17, 15) is 19.5 Å². The average Bonchev–Trinajstić information content (AvgIpc) is 2.91. The molecule has 3 aliphatic rings. The lowest BCUT2D eigenvalue weighted by Gasteiger charge is -2.33. The van der Waals surface area contributed by atoms with Gasteiger partial charge in [0.1, 0.15) is 0 Å². The Labute approximate surface area is 103 Å². The van der Waals surface area contributed by atoms with Crippen molar-refractivity contribution in [3.63, 3.8) is 0 Å². The van der Waals surface area contributed by atoms with Crippen LogP contribution >= 0.6 is 0 Å². The maximum absolute atomic E-state index is 11.7. The molecule has 0 aromatic carbocycles. The highest BCUT2D eigenvalue weighted by molar-refractivity contribution is 5.90. The summed E-state index contributed by atoms with van der Waals surface area (Å²) in [5, 5.41) is 9.42. The van der Waals surface area contributed by atoms with E-state index in [2.05, 4.69) is 0 Å². The quantitative estimate of drug-likeness (QED) is 0.730. The van der Waals surface area contributed by atoms with E-state index in [0.29, 0.717) is 12.8 Å². The van der Waals surface area contributed by atoms with Gasteiger partial charge in [-0.25, -0.2) is 4.79 Å². The Morgan fingerprint density at radius 3 is 2.83 bits per heavy atom. The van der Waals surface area contributed by atoms with E-state index < -0.39 is 29.6 Å². The van der Waals surface area contributed by atoms with Crippen LogP contribution in [0.15, 0.2) is 0 Å². The second-order valence-electron chi connectivity index (χ2n) is 5.23. The van der Waals surface area contributed by atoms with Gasteiger partial charge in [-0.05, 0) is 12.8 Å². The minimum Gasteiger partial charge on any atom is -0.478 e. The third-order valence-corrected chi connectivity index (χ3v) is 4.45. The summed E-state index contributed by atoms with van der Waals surface area (Å²) in [5.74, 6) is -2.85. The lowest BCUT2D eigenvalue weighted by Crippen LogP contribution is -2.54. The molecule has 2 aliphatic carbocycles. The van der Waals surface area contributed by atoms with Crippen LogP contribution in [0.4, 0.5) is 0 Å². The molecular formula is C12H14O6. The van der Waals surface area contributed by atoms with Crippen molar-refractivity contribution in [1.29, 1.82) is 0 Å². The van der Waals surface area contributed by atoms with Gasteiger partial charge in [-0.3, -0.25) is 9.59 Å². The molecule has 1 saturated heterocycles. The molecule has 1 aliphatic heterocycles. The first-order valence-corrected chi connectivity index (χ1v) is 6.16. The smallest absolute Gasteiger partial charge is 0.352 e. The number of ether oxygens (including phenoxy) is 2. The van der Waals surface area contributed by atoms with Gasteiger partial charge in [0.2, 0.25) is 5.60 Å². The average molecular weight is 254 g/mol. The summed E-state index contributed by atoms with van der Waals surface area (Å²) in [6.45, 7) is 1.65. The maximum Gasteiger partial charge on any atom is 0.352 e. The normalized spacial score (nSPS) is 43.9. The number of carboxylic acids is 1. The molecule has 18 heavy (non-hydrogen) atoms. The largest absolute Gasteiger partial charge is 0.478 e. The summed E-state index contributed by atoms with van der Waals surface area (Å²) in [5.41, 5.74) is -1.63. The van der Waals surface area contributed by atoms with E-state index in [0.717, 1.165) is 0 Å². The van der Waals surface area contributed by atoms with Gasteiger partial charge in [-0.15, -0.1) is 0 Å². The number of esters is 2. The summed E-state index contributed by atoms with van der Waals surface area (Å²) >= 11 is 0. The second kappa shape index (κ2) is 3.46. The lowest BCUT2D eigenvalue weighted by atomic mass is 9.78. The number of carbonyl (C=O) groups excluding carboxylic acids is 2. The zero-order valence-corrected chi connectivity index (χ0v) is 9.92. The highest BCUT2D eigenvalue weighted by Gasteiger charge is 2.76. The molecule has 0 aromatic rings. The van der Waals surface area contributed by atoms with E-state index in [1.807, 2.05) is 0 Å². The Morgan fingerprint density at radius 2 is 2.22 bits per heavy atom. The standard InChI is InChI=1S/C12H14O6/c1-2-8(13)17-9-5-3-6-7(4-5)12(9,11(15)16)18-10(6)14/h5-7,9H,2-4H2,1H3,(H,15,16). The van der Waals surface area contributed by atoms with Gasteiger partial charge in [-0.2, -0.15) is 0 Å². The molecule has 98 valence electrons. The monoisotopic (exact) mass is 254 g/mol. The molecule has 1 N–H and O–H groups in total. The van der Waals surface area contributed by atoms with Crippen LogP contribution in [0.25, 0.3) is 0 Å². The van der Waals surface area contributed by atoms with Crippen LogP contribution in [0.1, 0.15) is 26.2 Å². The number of hydrogen-bond acceptors (Lipinski definition) is 5. The molecule has 0 radical (unpaired) electrons. The molecule has 6 nitrogen and oxygen atoms in total. The van der Waals surface area contributed by atoms with Crippen LogP contribution < -0.4 is 0 Å². The van der Waals surface area contributed by atoms with Crippen molar-refractivity contribution < 1.29 is 29.0 Å². The van der Waals surface area contributed by atoms with Crippen molar-refractivity contribution in [2.45, 2.75) is 37.9 Å². The van der Waals surface area contributed by atoms with E-state index in [-0.39, 0.29) is 24.2 Å². The summed E-state index contributed by atoms with van der Waals surface area (Å²) in [4.78, 5) is 34.6. The van der Waals surface area contributed by atoms with Crippen LogP contribution in [0.2, 0.25) is 0 Å². The number of rotatable bonds is 3. The van der Waals surface area contributed by atoms with Gasteiger partial charge in [0, 0.05) is 18.3 Å². The van der Waals surface area contributed by atoms with Gasteiger partial charge >= 0.3 is 17.9 Å². The molecular weight excluding hydrogens is 240 g/mol. The maximum atomic E-state index is 11.7. The van der Waals surface area contributed by atoms with E-state index in [1.165, 1.54) is 0 Å². The Balaban J connectivity index is 1.97. The number of aliphatic carboxylic acids is 1. The van der Waals surface area contributed by atoms with E-state index in [4.69, 9.17) is 9.47 Å². The van der Waals surface area contributed by atoms with E-state index >= 15 is 0 Å². The predicted octanol–water partition coefficient (Wildman–Crippen LogP) is 0.344. The first kappa shape index (κ1) is 11.5. The Morgan fingerprint density at radius 1 is 1.50 bits per heavy atom. The molecule has 0 spiro atoms. The molecule has 5 unspecified atom stereocenters. The predicted molar refractivity (Wildman–Crippen MR) is 56.3 cm³/mol. The first-order chi connectivity index (χ1) is 8.50. The van der Waals surface area contributed by atoms with Gasteiger partial charge < -0.3 is 14.6 Å². The van der Waals surface area contributed by atoms with Gasteiger partial charge in [-0.1, -0.05) is 6.92 Å². The highest BCUT2D eigenvalue weighted by Crippen LogP contribution is 2.61. The molecule has 3 fully saturated rings. The minimum absolute atomic E-state index is 0.0713. The number of carbonyl (C=O) groups is 3. The fourth-order valence-electron chi connectivity index (χ4n) is 3.73. The van der Waals surface area contributed by atoms with Crippen molar-refractivity contribution in [2.24, 2.45) is 17.8 Å². The molecule has 2 saturated carbocycles. The van der Waals surface area contributed by atoms with Crippen molar-refractivity contribution >= 4 is 17.9 Å². The number of carboxylic acid groups (broad SMARTS) is 1. The third-order valence-electron chi connectivity index (χ3n) is 4.45. The first-order valence-electron chi connectivity index (χ1n) is 6.16. The van der Waals surface area contributed by atoms with Crippen LogP contribution in [-0.2, 0) is 23.9 Å². The van der Waals surface area contributed by atoms with Gasteiger partial charge in [0.25, 0.3) is 0 Å². The van der Waals surface area contributed by atoms with Gasteiger partial charge in [0.05, 0.1) is 5.92 Å². The fraction of sp³-hybridized carbons (Fsp3) is 0.750. The second-order valence-corrected chi connectivity index (χ2v) is 5.23. The van der Waals surface area contributed by atoms with Crippen molar-refractivity contribution in [1.82, 2.24) is 0 Å². The molecule has 5 atom stereocenters. The molecule has 2 bridgehead atoms.